The number of aliphatic hydroxyl groups excluding tert-OH is 1. The van der Waals surface area contributed by atoms with Crippen molar-refractivity contribution in [3.05, 3.63) is 23.9 Å². The van der Waals surface area contributed by atoms with Crippen molar-refractivity contribution in [1.29, 1.82) is 0 Å². The van der Waals surface area contributed by atoms with E-state index in [4.69, 9.17) is 5.11 Å². The second kappa shape index (κ2) is 5.98. The largest absolute Gasteiger partial charge is 0.395 e. The van der Waals surface area contributed by atoms with Crippen LogP contribution in [0, 0.1) is 0 Å². The fraction of sp³-hybridized carbons (Fsp3) is 0.615. The van der Waals surface area contributed by atoms with Crippen molar-refractivity contribution < 1.29 is 5.11 Å². The molecule has 0 atom stereocenters. The van der Waals surface area contributed by atoms with Gasteiger partial charge in [-0.1, -0.05) is 0 Å². The molecular formula is C13H21N3O. The lowest BCUT2D eigenvalue weighted by Crippen LogP contribution is -2.29. The van der Waals surface area contributed by atoms with Crippen LogP contribution in [0.5, 0.6) is 0 Å². The predicted molar refractivity (Wildman–Crippen MR) is 69.3 cm³/mol. The lowest BCUT2D eigenvalue weighted by molar-refractivity contribution is 0.255. The zero-order valence-electron chi connectivity index (χ0n) is 10.4. The van der Waals surface area contributed by atoms with Gasteiger partial charge in [-0.05, 0) is 56.6 Å². The highest BCUT2D eigenvalue weighted by atomic mass is 16.3. The third-order valence-electron chi connectivity index (χ3n) is 3.39. The SMILES string of the molecule is CN1CCC(c2ccnc(NCCO)c2)CC1. The van der Waals surface area contributed by atoms with Gasteiger partial charge in [0.2, 0.25) is 0 Å². The summed E-state index contributed by atoms with van der Waals surface area (Å²) in [6.07, 6.45) is 4.30. The average Bonchev–Trinajstić information content (AvgIpc) is 2.37. The molecule has 0 saturated carbocycles. The zero-order chi connectivity index (χ0) is 12.1. The van der Waals surface area contributed by atoms with Crippen LogP contribution in [0.15, 0.2) is 18.3 Å². The molecule has 1 fully saturated rings. The number of aromatic nitrogens is 1. The molecule has 0 radical (unpaired) electrons. The number of rotatable bonds is 4. The molecule has 1 aromatic rings. The minimum atomic E-state index is 0.139. The minimum absolute atomic E-state index is 0.139. The first-order chi connectivity index (χ1) is 8.29. The van der Waals surface area contributed by atoms with Crippen LogP contribution in [0.3, 0.4) is 0 Å². The molecule has 0 amide bonds. The first-order valence-corrected chi connectivity index (χ1v) is 6.29. The van der Waals surface area contributed by atoms with E-state index in [0.717, 1.165) is 5.82 Å². The van der Waals surface area contributed by atoms with Crippen molar-refractivity contribution in [1.82, 2.24) is 9.88 Å². The highest BCUT2D eigenvalue weighted by Crippen LogP contribution is 2.28. The van der Waals surface area contributed by atoms with Gasteiger partial charge >= 0.3 is 0 Å². The van der Waals surface area contributed by atoms with E-state index in [2.05, 4.69) is 34.4 Å². The maximum absolute atomic E-state index is 8.78. The Bertz CT molecular complexity index is 348. The Balaban J connectivity index is 2.00. The molecule has 94 valence electrons. The molecular weight excluding hydrogens is 214 g/mol. The van der Waals surface area contributed by atoms with Crippen LogP contribution in [-0.2, 0) is 0 Å². The van der Waals surface area contributed by atoms with Gasteiger partial charge in [-0.25, -0.2) is 4.98 Å². The summed E-state index contributed by atoms with van der Waals surface area (Å²) in [6, 6.07) is 4.23. The maximum Gasteiger partial charge on any atom is 0.126 e. The second-order valence-corrected chi connectivity index (χ2v) is 4.70. The van der Waals surface area contributed by atoms with Crippen LogP contribution in [0.25, 0.3) is 0 Å². The molecule has 4 nitrogen and oxygen atoms in total. The Morgan fingerprint density at radius 3 is 2.94 bits per heavy atom. The number of likely N-dealkylation sites (tertiary alicyclic amines) is 1. The van der Waals surface area contributed by atoms with E-state index < -0.39 is 0 Å². The van der Waals surface area contributed by atoms with Crippen molar-refractivity contribution in [3.8, 4) is 0 Å². The van der Waals surface area contributed by atoms with Gasteiger partial charge in [-0.15, -0.1) is 0 Å². The van der Waals surface area contributed by atoms with E-state index in [0.29, 0.717) is 12.5 Å². The summed E-state index contributed by atoms with van der Waals surface area (Å²) in [5.74, 6) is 1.53. The smallest absolute Gasteiger partial charge is 0.126 e. The number of hydrogen-bond donors (Lipinski definition) is 2. The van der Waals surface area contributed by atoms with Gasteiger partial charge in [0.15, 0.2) is 0 Å². The van der Waals surface area contributed by atoms with Crippen LogP contribution in [0.1, 0.15) is 24.3 Å². The van der Waals surface area contributed by atoms with Crippen LogP contribution >= 0.6 is 0 Å². The van der Waals surface area contributed by atoms with E-state index in [1.165, 1.54) is 31.5 Å². The minimum Gasteiger partial charge on any atom is -0.395 e. The molecule has 0 unspecified atom stereocenters. The Labute approximate surface area is 103 Å². The molecule has 1 aromatic heterocycles. The number of anilines is 1. The molecule has 1 saturated heterocycles. The standard InChI is InChI=1S/C13H21N3O/c1-16-7-3-11(4-8-16)12-2-5-14-13(10-12)15-6-9-17/h2,5,10-11,17H,3-4,6-9H2,1H3,(H,14,15). The highest BCUT2D eigenvalue weighted by Gasteiger charge is 2.18. The fourth-order valence-corrected chi connectivity index (χ4v) is 2.32. The van der Waals surface area contributed by atoms with E-state index in [1.807, 2.05) is 6.20 Å². The van der Waals surface area contributed by atoms with Gasteiger partial charge in [0.25, 0.3) is 0 Å². The molecule has 0 bridgehead atoms. The third-order valence-corrected chi connectivity index (χ3v) is 3.39. The molecule has 0 aliphatic carbocycles. The lowest BCUT2D eigenvalue weighted by atomic mass is 9.90. The van der Waals surface area contributed by atoms with Crippen molar-refractivity contribution >= 4 is 5.82 Å². The van der Waals surface area contributed by atoms with E-state index in [1.54, 1.807) is 0 Å². The Morgan fingerprint density at radius 1 is 1.47 bits per heavy atom. The monoisotopic (exact) mass is 235 g/mol. The van der Waals surface area contributed by atoms with E-state index in [-0.39, 0.29) is 6.61 Å². The molecule has 2 heterocycles. The summed E-state index contributed by atoms with van der Waals surface area (Å²) in [4.78, 5) is 6.63. The quantitative estimate of drug-likeness (QED) is 0.826. The molecule has 4 heteroatoms. The van der Waals surface area contributed by atoms with Crippen LogP contribution in [0.4, 0.5) is 5.82 Å². The van der Waals surface area contributed by atoms with Crippen molar-refractivity contribution in [2.75, 3.05) is 38.6 Å². The van der Waals surface area contributed by atoms with Gasteiger partial charge in [-0.2, -0.15) is 0 Å². The molecule has 1 aliphatic heterocycles. The molecule has 0 spiro atoms. The lowest BCUT2D eigenvalue weighted by Gasteiger charge is -2.29. The van der Waals surface area contributed by atoms with Gasteiger partial charge < -0.3 is 15.3 Å². The van der Waals surface area contributed by atoms with Gasteiger partial charge in [-0.3, -0.25) is 0 Å². The number of hydrogen-bond acceptors (Lipinski definition) is 4. The molecule has 0 aromatic carbocycles. The number of aliphatic hydroxyl groups is 1. The van der Waals surface area contributed by atoms with E-state index in [9.17, 15) is 0 Å². The predicted octanol–water partition coefficient (Wildman–Crippen LogP) is 1.29. The molecule has 17 heavy (non-hydrogen) atoms. The van der Waals surface area contributed by atoms with Crippen molar-refractivity contribution in [2.45, 2.75) is 18.8 Å². The van der Waals surface area contributed by atoms with Gasteiger partial charge in [0.1, 0.15) is 5.82 Å². The zero-order valence-corrected chi connectivity index (χ0v) is 10.4. The van der Waals surface area contributed by atoms with E-state index >= 15 is 0 Å². The van der Waals surface area contributed by atoms with Crippen LogP contribution in [0.2, 0.25) is 0 Å². The second-order valence-electron chi connectivity index (χ2n) is 4.70. The Hall–Kier alpha value is -1.13. The summed E-state index contributed by atoms with van der Waals surface area (Å²) < 4.78 is 0. The van der Waals surface area contributed by atoms with Crippen LogP contribution < -0.4 is 5.32 Å². The maximum atomic E-state index is 8.78. The molecule has 2 N–H and O–H groups in total. The van der Waals surface area contributed by atoms with Gasteiger partial charge in [0.05, 0.1) is 6.61 Å². The number of nitrogens with zero attached hydrogens (tertiary/aromatic N) is 2. The summed E-state index contributed by atoms with van der Waals surface area (Å²) in [6.45, 7) is 3.04. The number of nitrogens with one attached hydrogen (secondary N) is 1. The Kier molecular flexibility index (Phi) is 4.34. The van der Waals surface area contributed by atoms with Crippen molar-refractivity contribution in [2.24, 2.45) is 0 Å². The average molecular weight is 235 g/mol. The topological polar surface area (TPSA) is 48.4 Å². The first kappa shape index (κ1) is 12.3. The third kappa shape index (κ3) is 3.41. The summed E-state index contributed by atoms with van der Waals surface area (Å²) in [5, 5.41) is 11.9. The molecule has 2 rings (SSSR count). The Morgan fingerprint density at radius 2 is 2.24 bits per heavy atom. The summed E-state index contributed by atoms with van der Waals surface area (Å²) >= 11 is 0. The number of piperidine rings is 1. The van der Waals surface area contributed by atoms with Crippen LogP contribution in [-0.4, -0.2) is 48.3 Å². The number of pyridine rings is 1. The first-order valence-electron chi connectivity index (χ1n) is 6.29. The summed E-state index contributed by atoms with van der Waals surface area (Å²) in [5.41, 5.74) is 1.37. The normalized spacial score (nSPS) is 18.2. The van der Waals surface area contributed by atoms with Crippen molar-refractivity contribution in [3.63, 3.8) is 0 Å². The highest BCUT2D eigenvalue weighted by molar-refractivity contribution is 5.38. The van der Waals surface area contributed by atoms with Gasteiger partial charge in [0, 0.05) is 12.7 Å². The fourth-order valence-electron chi connectivity index (χ4n) is 2.32. The summed E-state index contributed by atoms with van der Waals surface area (Å²) in [7, 11) is 2.18. The molecule has 1 aliphatic rings.